The van der Waals surface area contributed by atoms with E-state index in [9.17, 15) is 4.79 Å². The lowest BCUT2D eigenvalue weighted by Crippen LogP contribution is -2.31. The van der Waals surface area contributed by atoms with Gasteiger partial charge in [-0.2, -0.15) is 10.1 Å². The molecule has 0 fully saturated rings. The third-order valence-electron chi connectivity index (χ3n) is 4.67. The number of para-hydroxylation sites is 2. The monoisotopic (exact) mass is 409 g/mol. The fraction of sp³-hybridized carbons (Fsp3) is 0.190. The van der Waals surface area contributed by atoms with Crippen molar-refractivity contribution in [1.82, 2.24) is 14.8 Å². The first-order valence-electron chi connectivity index (χ1n) is 9.25. The van der Waals surface area contributed by atoms with Gasteiger partial charge in [-0.3, -0.25) is 4.79 Å². The number of aromatic nitrogens is 3. The molecule has 0 saturated heterocycles. The summed E-state index contributed by atoms with van der Waals surface area (Å²) < 4.78 is 7.30. The standard InChI is InChI=1S/C21H20ClN5O2/c1-3-29-17-11-7-6-10-16(17)26-20(28)18-13(2)25-21-23-12-24-27(21)19(18)14-8-4-5-9-15(14)22/h4-12,19H,3H2,1-2H3,(H,26,28)(H,23,24,25)/t19-/m0/s1. The number of halogens is 1. The van der Waals surface area contributed by atoms with Crippen molar-refractivity contribution < 1.29 is 9.53 Å². The molecule has 2 N–H and O–H groups in total. The predicted molar refractivity (Wildman–Crippen MR) is 112 cm³/mol. The topological polar surface area (TPSA) is 81.1 Å². The van der Waals surface area contributed by atoms with Crippen LogP contribution in [0.5, 0.6) is 5.75 Å². The highest BCUT2D eigenvalue weighted by Crippen LogP contribution is 2.38. The van der Waals surface area contributed by atoms with Gasteiger partial charge in [-0.15, -0.1) is 0 Å². The smallest absolute Gasteiger partial charge is 0.255 e. The van der Waals surface area contributed by atoms with Gasteiger partial charge in [0.15, 0.2) is 0 Å². The molecule has 7 nitrogen and oxygen atoms in total. The second kappa shape index (κ2) is 7.97. The molecule has 1 amide bonds. The molecule has 1 atom stereocenters. The highest BCUT2D eigenvalue weighted by atomic mass is 35.5. The van der Waals surface area contributed by atoms with Gasteiger partial charge in [0.2, 0.25) is 5.95 Å². The maximum atomic E-state index is 13.4. The fourth-order valence-electron chi connectivity index (χ4n) is 3.41. The van der Waals surface area contributed by atoms with E-state index in [-0.39, 0.29) is 5.91 Å². The second-order valence-corrected chi connectivity index (χ2v) is 6.91. The summed E-state index contributed by atoms with van der Waals surface area (Å²) in [5.41, 5.74) is 2.55. The van der Waals surface area contributed by atoms with Crippen molar-refractivity contribution >= 4 is 29.1 Å². The zero-order valence-electron chi connectivity index (χ0n) is 16.0. The van der Waals surface area contributed by atoms with Crippen LogP contribution in [0.2, 0.25) is 5.02 Å². The van der Waals surface area contributed by atoms with Crippen LogP contribution in [0.3, 0.4) is 0 Å². The molecule has 4 rings (SSSR count). The summed E-state index contributed by atoms with van der Waals surface area (Å²) in [7, 11) is 0. The van der Waals surface area contributed by atoms with E-state index in [4.69, 9.17) is 16.3 Å². The Labute approximate surface area is 173 Å². The first-order valence-corrected chi connectivity index (χ1v) is 9.62. The lowest BCUT2D eigenvalue weighted by Gasteiger charge is -2.29. The van der Waals surface area contributed by atoms with Gasteiger partial charge < -0.3 is 15.4 Å². The highest BCUT2D eigenvalue weighted by molar-refractivity contribution is 6.31. The van der Waals surface area contributed by atoms with E-state index in [1.165, 1.54) is 6.33 Å². The van der Waals surface area contributed by atoms with Crippen LogP contribution in [0, 0.1) is 0 Å². The SMILES string of the molecule is CCOc1ccccc1NC(=O)C1=C(C)Nc2ncnn2[C@H]1c1ccccc1Cl. The average Bonchev–Trinajstić information content (AvgIpc) is 3.17. The van der Waals surface area contributed by atoms with Crippen molar-refractivity contribution in [3.8, 4) is 5.75 Å². The number of carbonyl (C=O) groups excluding carboxylic acids is 1. The minimum absolute atomic E-state index is 0.270. The second-order valence-electron chi connectivity index (χ2n) is 6.50. The van der Waals surface area contributed by atoms with Gasteiger partial charge in [0, 0.05) is 16.3 Å². The first kappa shape index (κ1) is 19.0. The van der Waals surface area contributed by atoms with Gasteiger partial charge in [-0.25, -0.2) is 4.68 Å². The van der Waals surface area contributed by atoms with Crippen LogP contribution in [-0.4, -0.2) is 27.3 Å². The van der Waals surface area contributed by atoms with Gasteiger partial charge in [-0.1, -0.05) is 41.9 Å². The maximum Gasteiger partial charge on any atom is 0.255 e. The number of nitrogens with zero attached hydrogens (tertiary/aromatic N) is 3. The van der Waals surface area contributed by atoms with E-state index in [0.29, 0.717) is 40.3 Å². The summed E-state index contributed by atoms with van der Waals surface area (Å²) in [6.45, 7) is 4.24. The lowest BCUT2D eigenvalue weighted by molar-refractivity contribution is -0.113. The quantitative estimate of drug-likeness (QED) is 0.658. The number of allylic oxidation sites excluding steroid dienone is 1. The van der Waals surface area contributed by atoms with E-state index < -0.39 is 6.04 Å². The Morgan fingerprint density at radius 1 is 1.24 bits per heavy atom. The molecule has 29 heavy (non-hydrogen) atoms. The van der Waals surface area contributed by atoms with Gasteiger partial charge >= 0.3 is 0 Å². The van der Waals surface area contributed by atoms with Crippen LogP contribution >= 0.6 is 11.6 Å². The zero-order chi connectivity index (χ0) is 20.4. The molecule has 2 heterocycles. The molecule has 1 aliphatic heterocycles. The summed E-state index contributed by atoms with van der Waals surface area (Å²) >= 11 is 6.48. The molecule has 0 spiro atoms. The molecule has 0 bridgehead atoms. The molecular weight excluding hydrogens is 390 g/mol. The molecule has 8 heteroatoms. The number of amides is 1. The number of anilines is 2. The minimum Gasteiger partial charge on any atom is -0.492 e. The first-order chi connectivity index (χ1) is 14.1. The Morgan fingerprint density at radius 2 is 2.00 bits per heavy atom. The van der Waals surface area contributed by atoms with Gasteiger partial charge in [0.05, 0.1) is 17.9 Å². The van der Waals surface area contributed by atoms with Crippen molar-refractivity contribution in [2.24, 2.45) is 0 Å². The normalized spacial score (nSPS) is 15.5. The van der Waals surface area contributed by atoms with Gasteiger partial charge in [0.25, 0.3) is 5.91 Å². The Balaban J connectivity index is 1.76. The Morgan fingerprint density at radius 3 is 2.79 bits per heavy atom. The molecule has 1 aromatic heterocycles. The van der Waals surface area contributed by atoms with Crippen LogP contribution < -0.4 is 15.4 Å². The van der Waals surface area contributed by atoms with E-state index in [2.05, 4.69) is 20.7 Å². The maximum absolute atomic E-state index is 13.4. The molecule has 0 radical (unpaired) electrons. The van der Waals surface area contributed by atoms with Crippen molar-refractivity contribution in [2.45, 2.75) is 19.9 Å². The number of fused-ring (bicyclic) bond motifs is 1. The largest absolute Gasteiger partial charge is 0.492 e. The molecule has 2 aromatic carbocycles. The third kappa shape index (κ3) is 3.56. The van der Waals surface area contributed by atoms with E-state index in [1.54, 1.807) is 16.8 Å². The number of hydrogen-bond donors (Lipinski definition) is 2. The number of hydrogen-bond acceptors (Lipinski definition) is 5. The predicted octanol–water partition coefficient (Wildman–Crippen LogP) is 4.26. The number of carbonyl (C=O) groups is 1. The Kier molecular flexibility index (Phi) is 5.22. The van der Waals surface area contributed by atoms with E-state index in [1.807, 2.05) is 50.2 Å². The molecule has 1 aliphatic rings. The van der Waals surface area contributed by atoms with Crippen LogP contribution in [0.25, 0.3) is 0 Å². The summed E-state index contributed by atoms with van der Waals surface area (Å²) in [5.74, 6) is 0.896. The van der Waals surface area contributed by atoms with Gasteiger partial charge in [0.1, 0.15) is 18.1 Å². The average molecular weight is 410 g/mol. The lowest BCUT2D eigenvalue weighted by atomic mass is 9.95. The molecule has 3 aromatic rings. The van der Waals surface area contributed by atoms with Crippen LogP contribution in [0.15, 0.2) is 66.1 Å². The minimum atomic E-state index is -0.512. The number of benzene rings is 2. The fourth-order valence-corrected chi connectivity index (χ4v) is 3.65. The van der Waals surface area contributed by atoms with Crippen LogP contribution in [-0.2, 0) is 4.79 Å². The Bertz CT molecular complexity index is 1090. The summed E-state index contributed by atoms with van der Waals surface area (Å²) in [4.78, 5) is 17.6. The van der Waals surface area contributed by atoms with E-state index >= 15 is 0 Å². The van der Waals surface area contributed by atoms with Gasteiger partial charge in [-0.05, 0) is 32.0 Å². The highest BCUT2D eigenvalue weighted by Gasteiger charge is 2.34. The molecule has 148 valence electrons. The molecular formula is C21H20ClN5O2. The molecule has 0 saturated carbocycles. The molecule has 0 unspecified atom stereocenters. The van der Waals surface area contributed by atoms with Crippen molar-refractivity contribution in [2.75, 3.05) is 17.2 Å². The molecule has 0 aliphatic carbocycles. The summed E-state index contributed by atoms with van der Waals surface area (Å²) in [6, 6.07) is 14.2. The zero-order valence-corrected chi connectivity index (χ0v) is 16.8. The van der Waals surface area contributed by atoms with Crippen molar-refractivity contribution in [1.29, 1.82) is 0 Å². The Hall–Kier alpha value is -3.32. The van der Waals surface area contributed by atoms with Crippen molar-refractivity contribution in [3.63, 3.8) is 0 Å². The van der Waals surface area contributed by atoms with Crippen molar-refractivity contribution in [3.05, 3.63) is 76.7 Å². The number of ether oxygens (including phenoxy) is 1. The summed E-state index contributed by atoms with van der Waals surface area (Å²) in [6.07, 6.45) is 1.45. The third-order valence-corrected chi connectivity index (χ3v) is 5.02. The van der Waals surface area contributed by atoms with E-state index in [0.717, 1.165) is 5.56 Å². The number of rotatable bonds is 5. The number of nitrogens with one attached hydrogen (secondary N) is 2. The summed E-state index contributed by atoms with van der Waals surface area (Å²) in [5, 5.41) is 11.0. The van der Waals surface area contributed by atoms with Crippen LogP contribution in [0.4, 0.5) is 11.6 Å². The van der Waals surface area contributed by atoms with Crippen LogP contribution in [0.1, 0.15) is 25.5 Å².